The minimum Gasteiger partial charge on any atom is -0.351 e. The maximum absolute atomic E-state index is 12.6. The van der Waals surface area contributed by atoms with Crippen molar-refractivity contribution < 1.29 is 4.79 Å². The Balaban J connectivity index is 0.949. The number of amides is 2. The lowest BCUT2D eigenvalue weighted by molar-refractivity contribution is 0.190. The molecule has 10 heteroatoms. The van der Waals surface area contributed by atoms with Crippen molar-refractivity contribution in [3.63, 3.8) is 0 Å². The van der Waals surface area contributed by atoms with E-state index in [0.717, 1.165) is 50.3 Å². The minimum atomic E-state index is -0.0134. The molecule has 3 heterocycles. The zero-order valence-electron chi connectivity index (χ0n) is 21.0. The molecule has 0 spiro atoms. The Labute approximate surface area is 212 Å². The molecule has 194 valence electrons. The normalized spacial score (nSPS) is 27.2. The summed E-state index contributed by atoms with van der Waals surface area (Å²) in [4.78, 5) is 24.1. The Hall–Kier alpha value is -2.88. The average molecular weight is 494 g/mol. The molecule has 2 amide bonds. The van der Waals surface area contributed by atoms with Crippen LogP contribution in [0.5, 0.6) is 0 Å². The van der Waals surface area contributed by atoms with E-state index in [1.807, 2.05) is 6.07 Å². The first-order chi connectivity index (χ1) is 17.7. The lowest BCUT2D eigenvalue weighted by atomic mass is 9.91. The number of nitrogens with one attached hydrogen (secondary N) is 5. The highest BCUT2D eigenvalue weighted by molar-refractivity contribution is 5.74. The number of nitrogens with zero attached hydrogens (tertiary/aromatic N) is 4. The van der Waals surface area contributed by atoms with E-state index in [9.17, 15) is 4.79 Å². The first-order valence-corrected chi connectivity index (χ1v) is 13.9. The molecule has 2 aromatic heterocycles. The van der Waals surface area contributed by atoms with E-state index < -0.39 is 0 Å². The van der Waals surface area contributed by atoms with Gasteiger partial charge in [0.1, 0.15) is 5.82 Å². The molecule has 0 aromatic carbocycles. The Morgan fingerprint density at radius 1 is 0.917 bits per heavy atom. The number of H-pyrrole nitrogens is 1. The van der Waals surface area contributed by atoms with Crippen molar-refractivity contribution in [3.8, 4) is 0 Å². The fraction of sp³-hybridized carbons (Fsp3) is 0.692. The van der Waals surface area contributed by atoms with Gasteiger partial charge in [-0.3, -0.25) is 10.00 Å². The van der Waals surface area contributed by atoms with Gasteiger partial charge in [-0.2, -0.15) is 10.1 Å². The second kappa shape index (κ2) is 10.6. The Morgan fingerprint density at radius 2 is 1.72 bits per heavy atom. The predicted octanol–water partition coefficient (Wildman–Crippen LogP) is 4.21. The number of urea groups is 1. The quantitative estimate of drug-likeness (QED) is 0.373. The third-order valence-electron chi connectivity index (χ3n) is 8.31. The van der Waals surface area contributed by atoms with Gasteiger partial charge in [-0.1, -0.05) is 12.8 Å². The van der Waals surface area contributed by atoms with E-state index in [1.54, 1.807) is 6.20 Å². The summed E-state index contributed by atoms with van der Waals surface area (Å²) in [5, 5.41) is 20.8. The number of carbonyl (C=O) groups is 1. The summed E-state index contributed by atoms with van der Waals surface area (Å²) in [6, 6.07) is 5.18. The molecule has 5 N–H and O–H groups in total. The summed E-state index contributed by atoms with van der Waals surface area (Å²) in [5.41, 5.74) is 1.21. The zero-order chi connectivity index (χ0) is 24.3. The van der Waals surface area contributed by atoms with Crippen molar-refractivity contribution in [2.75, 3.05) is 17.2 Å². The molecule has 4 aliphatic rings. The van der Waals surface area contributed by atoms with Crippen LogP contribution in [0.3, 0.4) is 0 Å². The van der Waals surface area contributed by atoms with Crippen molar-refractivity contribution in [2.24, 2.45) is 0 Å². The van der Waals surface area contributed by atoms with Gasteiger partial charge in [0.2, 0.25) is 5.95 Å². The van der Waals surface area contributed by atoms with Gasteiger partial charge in [0.25, 0.3) is 0 Å². The summed E-state index contributed by atoms with van der Waals surface area (Å²) in [5.74, 6) is 2.76. The standard InChI is InChI=1S/C26H39N9O/c36-26(32-24-6-3-15-35(24)20-11-12-20)29-19-9-7-18(8-10-19)28-25-27-14-13-22(31-25)30-23-16-21(33-34-23)17-4-1-2-5-17/h13-14,16-20,24H,1-12,15H2,(H2,29,32,36)(H3,27,28,30,31,33,34). The lowest BCUT2D eigenvalue weighted by Crippen LogP contribution is -2.52. The van der Waals surface area contributed by atoms with Crippen molar-refractivity contribution >= 4 is 23.6 Å². The van der Waals surface area contributed by atoms with Crippen LogP contribution in [0.1, 0.15) is 88.7 Å². The summed E-state index contributed by atoms with van der Waals surface area (Å²) in [6.07, 6.45) is 15.8. The molecular weight excluding hydrogens is 454 g/mol. The van der Waals surface area contributed by atoms with E-state index in [1.165, 1.54) is 50.6 Å². The van der Waals surface area contributed by atoms with E-state index in [-0.39, 0.29) is 18.2 Å². The van der Waals surface area contributed by atoms with Crippen LogP contribution in [-0.4, -0.2) is 61.9 Å². The third-order valence-corrected chi connectivity index (χ3v) is 8.31. The molecule has 1 atom stereocenters. The van der Waals surface area contributed by atoms with E-state index >= 15 is 0 Å². The molecule has 1 aliphatic heterocycles. The fourth-order valence-electron chi connectivity index (χ4n) is 6.21. The van der Waals surface area contributed by atoms with Crippen LogP contribution in [0.15, 0.2) is 18.3 Å². The van der Waals surface area contributed by atoms with Crippen LogP contribution >= 0.6 is 0 Å². The zero-order valence-corrected chi connectivity index (χ0v) is 21.0. The largest absolute Gasteiger partial charge is 0.351 e. The van der Waals surface area contributed by atoms with E-state index in [0.29, 0.717) is 23.9 Å². The highest BCUT2D eigenvalue weighted by Gasteiger charge is 2.37. The number of aromatic amines is 1. The van der Waals surface area contributed by atoms with Crippen LogP contribution in [0.4, 0.5) is 22.4 Å². The number of aromatic nitrogens is 4. The first kappa shape index (κ1) is 23.5. The highest BCUT2D eigenvalue weighted by atomic mass is 16.2. The van der Waals surface area contributed by atoms with Crippen molar-refractivity contribution in [3.05, 3.63) is 24.0 Å². The van der Waals surface area contributed by atoms with Gasteiger partial charge in [0, 0.05) is 48.5 Å². The molecular formula is C26H39N9O. The fourth-order valence-corrected chi connectivity index (χ4v) is 6.21. The van der Waals surface area contributed by atoms with Crippen LogP contribution in [-0.2, 0) is 0 Å². The van der Waals surface area contributed by atoms with Gasteiger partial charge < -0.3 is 21.3 Å². The topological polar surface area (TPSA) is 123 Å². The molecule has 10 nitrogen and oxygen atoms in total. The lowest BCUT2D eigenvalue weighted by Gasteiger charge is -2.31. The third kappa shape index (κ3) is 5.74. The maximum Gasteiger partial charge on any atom is 0.316 e. The molecule has 6 rings (SSSR count). The van der Waals surface area contributed by atoms with Gasteiger partial charge in [0.05, 0.1) is 6.17 Å². The van der Waals surface area contributed by atoms with Gasteiger partial charge in [0.15, 0.2) is 5.82 Å². The van der Waals surface area contributed by atoms with Crippen molar-refractivity contribution in [1.82, 2.24) is 35.7 Å². The Bertz CT molecular complexity index is 1020. The number of hydrogen-bond donors (Lipinski definition) is 5. The second-order valence-corrected chi connectivity index (χ2v) is 11.0. The number of carbonyl (C=O) groups excluding carboxylic acids is 1. The maximum atomic E-state index is 12.6. The van der Waals surface area contributed by atoms with E-state index in [4.69, 9.17) is 0 Å². The summed E-state index contributed by atoms with van der Waals surface area (Å²) < 4.78 is 0. The number of likely N-dealkylation sites (tertiary alicyclic amines) is 1. The van der Waals surface area contributed by atoms with Crippen molar-refractivity contribution in [1.29, 1.82) is 0 Å². The van der Waals surface area contributed by atoms with Crippen LogP contribution in [0, 0.1) is 0 Å². The number of rotatable bonds is 8. The van der Waals surface area contributed by atoms with Crippen LogP contribution in [0.2, 0.25) is 0 Å². The van der Waals surface area contributed by atoms with Gasteiger partial charge in [-0.25, -0.2) is 9.78 Å². The second-order valence-electron chi connectivity index (χ2n) is 11.0. The highest BCUT2D eigenvalue weighted by Crippen LogP contribution is 2.34. The molecule has 3 aliphatic carbocycles. The number of anilines is 3. The van der Waals surface area contributed by atoms with Crippen LogP contribution < -0.4 is 21.3 Å². The molecule has 2 aromatic rings. The predicted molar refractivity (Wildman–Crippen MR) is 139 cm³/mol. The Kier molecular flexibility index (Phi) is 6.94. The summed E-state index contributed by atoms with van der Waals surface area (Å²) in [7, 11) is 0. The molecule has 0 bridgehead atoms. The molecule has 3 saturated carbocycles. The van der Waals surface area contributed by atoms with E-state index in [2.05, 4.69) is 52.4 Å². The van der Waals surface area contributed by atoms with Gasteiger partial charge in [-0.15, -0.1) is 0 Å². The van der Waals surface area contributed by atoms with Crippen LogP contribution in [0.25, 0.3) is 0 Å². The van der Waals surface area contributed by atoms with Gasteiger partial charge in [-0.05, 0) is 70.3 Å². The Morgan fingerprint density at radius 3 is 2.53 bits per heavy atom. The summed E-state index contributed by atoms with van der Waals surface area (Å²) >= 11 is 0. The molecule has 1 unspecified atom stereocenters. The van der Waals surface area contributed by atoms with Gasteiger partial charge >= 0.3 is 6.03 Å². The molecule has 0 radical (unpaired) electrons. The SMILES string of the molecule is O=C(NC1CCC(Nc2nccc(Nc3cc(C4CCCC4)[nH]n3)n2)CC1)NC1CCCN1C1CC1. The number of hydrogen-bond acceptors (Lipinski definition) is 7. The molecule has 36 heavy (non-hydrogen) atoms. The summed E-state index contributed by atoms with van der Waals surface area (Å²) in [6.45, 7) is 1.12. The first-order valence-electron chi connectivity index (χ1n) is 13.9. The minimum absolute atomic E-state index is 0.0134. The average Bonchev–Trinajstić information content (AvgIpc) is 3.25. The monoisotopic (exact) mass is 493 g/mol. The molecule has 4 fully saturated rings. The molecule has 1 saturated heterocycles. The smallest absolute Gasteiger partial charge is 0.316 e. The van der Waals surface area contributed by atoms with Crippen molar-refractivity contribution in [2.45, 2.75) is 107 Å².